The molecule has 0 saturated carbocycles. The molecule has 1 atom stereocenters. The maximum Gasteiger partial charge on any atom is 0.0726 e. The van der Waals surface area contributed by atoms with Gasteiger partial charge in [0.15, 0.2) is 0 Å². The van der Waals surface area contributed by atoms with Gasteiger partial charge in [0.2, 0.25) is 0 Å². The van der Waals surface area contributed by atoms with Crippen LogP contribution in [0, 0.1) is 12.8 Å². The first-order valence-corrected chi connectivity index (χ1v) is 7.96. The van der Waals surface area contributed by atoms with Gasteiger partial charge < -0.3 is 14.4 Å². The standard InChI is InChI=1S/C18H24N2O2/c1-14-11-18(16-5-3-4-6-17(16)19-14)20-8-7-15(12-20)13-22-10-9-21-2/h3-6,11,15H,7-10,12-13H2,1-2H3. The highest BCUT2D eigenvalue weighted by molar-refractivity contribution is 5.92. The minimum Gasteiger partial charge on any atom is -0.382 e. The summed E-state index contributed by atoms with van der Waals surface area (Å²) >= 11 is 0. The van der Waals surface area contributed by atoms with E-state index in [0.29, 0.717) is 19.1 Å². The van der Waals surface area contributed by atoms with Gasteiger partial charge in [0, 0.05) is 42.9 Å². The first-order chi connectivity index (χ1) is 10.8. The van der Waals surface area contributed by atoms with Crippen LogP contribution in [0.4, 0.5) is 5.69 Å². The number of rotatable bonds is 6. The molecule has 118 valence electrons. The second-order valence-corrected chi connectivity index (χ2v) is 5.97. The van der Waals surface area contributed by atoms with Crippen LogP contribution in [0.3, 0.4) is 0 Å². The topological polar surface area (TPSA) is 34.6 Å². The van der Waals surface area contributed by atoms with Crippen molar-refractivity contribution in [2.24, 2.45) is 5.92 Å². The molecule has 1 unspecified atom stereocenters. The molecule has 0 bridgehead atoms. The van der Waals surface area contributed by atoms with Gasteiger partial charge in [-0.2, -0.15) is 0 Å². The van der Waals surface area contributed by atoms with Crippen molar-refractivity contribution in [3.63, 3.8) is 0 Å². The molecule has 2 heterocycles. The highest BCUT2D eigenvalue weighted by atomic mass is 16.5. The van der Waals surface area contributed by atoms with Gasteiger partial charge >= 0.3 is 0 Å². The Bertz CT molecular complexity index is 630. The minimum absolute atomic E-state index is 0.601. The maximum absolute atomic E-state index is 5.69. The minimum atomic E-state index is 0.601. The predicted octanol–water partition coefficient (Wildman–Crippen LogP) is 3.03. The molecule has 22 heavy (non-hydrogen) atoms. The van der Waals surface area contributed by atoms with Gasteiger partial charge in [-0.3, -0.25) is 4.98 Å². The number of aryl methyl sites for hydroxylation is 1. The maximum atomic E-state index is 5.69. The molecule has 0 N–H and O–H groups in total. The summed E-state index contributed by atoms with van der Waals surface area (Å²) in [5, 5.41) is 1.24. The molecular weight excluding hydrogens is 276 g/mol. The molecule has 4 heteroatoms. The van der Waals surface area contributed by atoms with Crippen molar-refractivity contribution in [3.05, 3.63) is 36.0 Å². The van der Waals surface area contributed by atoms with Crippen LogP contribution in [0.15, 0.2) is 30.3 Å². The van der Waals surface area contributed by atoms with Crippen molar-refractivity contribution < 1.29 is 9.47 Å². The second kappa shape index (κ2) is 7.07. The fraction of sp³-hybridized carbons (Fsp3) is 0.500. The fourth-order valence-electron chi connectivity index (χ4n) is 3.13. The van der Waals surface area contributed by atoms with Crippen LogP contribution in [0.5, 0.6) is 0 Å². The van der Waals surface area contributed by atoms with E-state index in [9.17, 15) is 0 Å². The summed E-state index contributed by atoms with van der Waals surface area (Å²) in [5.41, 5.74) is 3.47. The number of pyridine rings is 1. The molecule has 2 aromatic rings. The monoisotopic (exact) mass is 300 g/mol. The molecule has 0 spiro atoms. The van der Waals surface area contributed by atoms with Crippen LogP contribution in [0.1, 0.15) is 12.1 Å². The predicted molar refractivity (Wildman–Crippen MR) is 89.5 cm³/mol. The molecule has 1 saturated heterocycles. The van der Waals surface area contributed by atoms with E-state index in [1.54, 1.807) is 7.11 Å². The first kappa shape index (κ1) is 15.3. The quantitative estimate of drug-likeness (QED) is 0.768. The lowest BCUT2D eigenvalue weighted by Gasteiger charge is -2.21. The van der Waals surface area contributed by atoms with Gasteiger partial charge in [-0.05, 0) is 25.5 Å². The summed E-state index contributed by atoms with van der Waals surface area (Å²) in [6, 6.07) is 10.6. The summed E-state index contributed by atoms with van der Waals surface area (Å²) in [4.78, 5) is 7.11. The van der Waals surface area contributed by atoms with Crippen molar-refractivity contribution in [2.45, 2.75) is 13.3 Å². The third-order valence-electron chi connectivity index (χ3n) is 4.23. The Hall–Kier alpha value is -1.65. The SMILES string of the molecule is COCCOCC1CCN(c2cc(C)nc3ccccc23)C1. The molecule has 0 aliphatic carbocycles. The Morgan fingerprint density at radius 3 is 3.00 bits per heavy atom. The molecule has 1 aromatic carbocycles. The van der Waals surface area contributed by atoms with E-state index in [2.05, 4.69) is 47.1 Å². The van der Waals surface area contributed by atoms with Crippen LogP contribution in [-0.4, -0.2) is 45.0 Å². The molecule has 1 aromatic heterocycles. The highest BCUT2D eigenvalue weighted by Gasteiger charge is 2.24. The number of aromatic nitrogens is 1. The van der Waals surface area contributed by atoms with E-state index in [0.717, 1.165) is 30.9 Å². The van der Waals surface area contributed by atoms with E-state index in [1.807, 2.05) is 0 Å². The van der Waals surface area contributed by atoms with Crippen molar-refractivity contribution in [1.29, 1.82) is 0 Å². The molecule has 3 rings (SSSR count). The van der Waals surface area contributed by atoms with Crippen molar-refractivity contribution >= 4 is 16.6 Å². The van der Waals surface area contributed by atoms with E-state index in [4.69, 9.17) is 9.47 Å². The lowest BCUT2D eigenvalue weighted by Crippen LogP contribution is -2.22. The smallest absolute Gasteiger partial charge is 0.0726 e. The number of hydrogen-bond donors (Lipinski definition) is 0. The molecular formula is C18H24N2O2. The van der Waals surface area contributed by atoms with Gasteiger partial charge in [-0.25, -0.2) is 0 Å². The third-order valence-corrected chi connectivity index (χ3v) is 4.23. The molecule has 0 radical (unpaired) electrons. The van der Waals surface area contributed by atoms with Gasteiger partial charge in [0.25, 0.3) is 0 Å². The van der Waals surface area contributed by atoms with Crippen LogP contribution in [0.25, 0.3) is 10.9 Å². The molecule has 1 fully saturated rings. The van der Waals surface area contributed by atoms with E-state index < -0.39 is 0 Å². The molecule has 1 aliphatic heterocycles. The normalized spacial score (nSPS) is 18.3. The summed E-state index contributed by atoms with van der Waals surface area (Å²) in [5.74, 6) is 0.601. The second-order valence-electron chi connectivity index (χ2n) is 5.97. The average Bonchev–Trinajstić information content (AvgIpc) is 2.99. The average molecular weight is 300 g/mol. The van der Waals surface area contributed by atoms with Crippen LogP contribution in [-0.2, 0) is 9.47 Å². The van der Waals surface area contributed by atoms with Crippen molar-refractivity contribution in [2.75, 3.05) is 44.9 Å². The Morgan fingerprint density at radius 2 is 2.14 bits per heavy atom. The van der Waals surface area contributed by atoms with Crippen molar-refractivity contribution in [1.82, 2.24) is 4.98 Å². The first-order valence-electron chi connectivity index (χ1n) is 7.96. The fourth-order valence-corrected chi connectivity index (χ4v) is 3.13. The van der Waals surface area contributed by atoms with E-state index in [-0.39, 0.29) is 0 Å². The lowest BCUT2D eigenvalue weighted by molar-refractivity contribution is 0.0549. The molecule has 0 amide bonds. The summed E-state index contributed by atoms with van der Waals surface area (Å²) in [7, 11) is 1.71. The zero-order valence-electron chi connectivity index (χ0n) is 13.4. The van der Waals surface area contributed by atoms with Gasteiger partial charge in [0.1, 0.15) is 0 Å². The van der Waals surface area contributed by atoms with Crippen LogP contribution < -0.4 is 4.90 Å². The van der Waals surface area contributed by atoms with E-state index >= 15 is 0 Å². The van der Waals surface area contributed by atoms with Gasteiger partial charge in [0.05, 0.1) is 25.3 Å². The number of hydrogen-bond acceptors (Lipinski definition) is 4. The zero-order valence-corrected chi connectivity index (χ0v) is 13.4. The summed E-state index contributed by atoms with van der Waals surface area (Å²) < 4.78 is 10.7. The number of anilines is 1. The Labute approximate surface area is 132 Å². The van der Waals surface area contributed by atoms with Crippen LogP contribution in [0.2, 0.25) is 0 Å². The number of methoxy groups -OCH3 is 1. The Kier molecular flexibility index (Phi) is 4.90. The zero-order chi connectivity index (χ0) is 15.4. The Morgan fingerprint density at radius 1 is 1.27 bits per heavy atom. The van der Waals surface area contributed by atoms with Crippen LogP contribution >= 0.6 is 0 Å². The lowest BCUT2D eigenvalue weighted by atomic mass is 10.1. The van der Waals surface area contributed by atoms with E-state index in [1.165, 1.54) is 17.5 Å². The molecule has 4 nitrogen and oxygen atoms in total. The largest absolute Gasteiger partial charge is 0.382 e. The van der Waals surface area contributed by atoms with Gasteiger partial charge in [-0.1, -0.05) is 18.2 Å². The third kappa shape index (κ3) is 3.39. The number of benzene rings is 1. The number of para-hydroxylation sites is 1. The highest BCUT2D eigenvalue weighted by Crippen LogP contribution is 2.31. The number of nitrogens with zero attached hydrogens (tertiary/aromatic N) is 2. The molecule has 1 aliphatic rings. The summed E-state index contributed by atoms with van der Waals surface area (Å²) in [6.45, 7) is 6.39. The van der Waals surface area contributed by atoms with Gasteiger partial charge in [-0.15, -0.1) is 0 Å². The number of ether oxygens (including phenoxy) is 2. The summed E-state index contributed by atoms with van der Waals surface area (Å²) in [6.07, 6.45) is 1.18. The number of fused-ring (bicyclic) bond motifs is 1. The Balaban J connectivity index is 1.70. The van der Waals surface area contributed by atoms with Crippen molar-refractivity contribution in [3.8, 4) is 0 Å².